The molecule has 2 atom stereocenters. The lowest BCUT2D eigenvalue weighted by molar-refractivity contribution is -0.125. The molecule has 0 spiro atoms. The van der Waals surface area contributed by atoms with Gasteiger partial charge in [-0.25, -0.2) is 0 Å². The summed E-state index contributed by atoms with van der Waals surface area (Å²) in [5.74, 6) is 0.770. The molecule has 0 aromatic heterocycles. The van der Waals surface area contributed by atoms with Crippen molar-refractivity contribution in [3.8, 4) is 5.75 Å². The number of Topliss-reactive ketones (excluding diaryl/α,β-unsaturated/α-hetero) is 2. The van der Waals surface area contributed by atoms with Crippen LogP contribution in [0.5, 0.6) is 5.75 Å². The van der Waals surface area contributed by atoms with E-state index in [1.165, 1.54) is 0 Å². The minimum atomic E-state index is -0.583. The molecule has 1 aliphatic carbocycles. The number of rotatable bonds is 4. The van der Waals surface area contributed by atoms with Gasteiger partial charge in [0.1, 0.15) is 17.5 Å². The molecule has 4 heteroatoms. The zero-order chi connectivity index (χ0) is 17.3. The van der Waals surface area contributed by atoms with E-state index in [4.69, 9.17) is 9.47 Å². The van der Waals surface area contributed by atoms with E-state index in [1.807, 2.05) is 26.0 Å². The number of aryl methyl sites for hydroxylation is 2. The Kier molecular flexibility index (Phi) is 5.04. The second kappa shape index (κ2) is 7.06. The molecular formula is C20H26O4. The van der Waals surface area contributed by atoms with Crippen LogP contribution in [0.4, 0.5) is 0 Å². The summed E-state index contributed by atoms with van der Waals surface area (Å²) in [6.45, 7) is 5.47. The Morgan fingerprint density at radius 2 is 1.75 bits per heavy atom. The van der Waals surface area contributed by atoms with Crippen molar-refractivity contribution >= 4 is 11.6 Å². The van der Waals surface area contributed by atoms with Gasteiger partial charge in [-0.05, 0) is 67.9 Å². The van der Waals surface area contributed by atoms with Crippen LogP contribution in [-0.4, -0.2) is 31.9 Å². The molecule has 4 nitrogen and oxygen atoms in total. The fourth-order valence-corrected chi connectivity index (χ4v) is 4.25. The number of methoxy groups -OCH3 is 1. The summed E-state index contributed by atoms with van der Waals surface area (Å²) < 4.78 is 10.7. The highest BCUT2D eigenvalue weighted by Crippen LogP contribution is 2.40. The highest BCUT2D eigenvalue weighted by molar-refractivity contribution is 6.15. The SMILES string of the molecule is COc1cc(C)c(C2C(=O)CC(CC3CCOCC3)C2=O)c(C)c1. The Balaban J connectivity index is 1.81. The number of ether oxygens (including phenoxy) is 2. The lowest BCUT2D eigenvalue weighted by Crippen LogP contribution is -2.22. The van der Waals surface area contributed by atoms with Gasteiger partial charge < -0.3 is 9.47 Å². The zero-order valence-corrected chi connectivity index (χ0v) is 14.8. The van der Waals surface area contributed by atoms with Gasteiger partial charge in [0.15, 0.2) is 5.78 Å². The molecule has 2 fully saturated rings. The highest BCUT2D eigenvalue weighted by Gasteiger charge is 2.43. The summed E-state index contributed by atoms with van der Waals surface area (Å²) in [5.41, 5.74) is 2.82. The lowest BCUT2D eigenvalue weighted by atomic mass is 9.84. The Bertz CT molecular complexity index is 620. The highest BCUT2D eigenvalue weighted by atomic mass is 16.5. The van der Waals surface area contributed by atoms with Crippen LogP contribution in [0, 0.1) is 25.7 Å². The first kappa shape index (κ1) is 17.2. The summed E-state index contributed by atoms with van der Waals surface area (Å²) in [5, 5.41) is 0. The molecule has 2 unspecified atom stereocenters. The van der Waals surface area contributed by atoms with E-state index in [-0.39, 0.29) is 17.5 Å². The second-order valence-corrected chi connectivity index (χ2v) is 7.17. The van der Waals surface area contributed by atoms with Crippen molar-refractivity contribution in [3.63, 3.8) is 0 Å². The van der Waals surface area contributed by atoms with Crippen molar-refractivity contribution < 1.29 is 19.1 Å². The molecule has 130 valence electrons. The van der Waals surface area contributed by atoms with E-state index in [0.29, 0.717) is 12.3 Å². The Morgan fingerprint density at radius 3 is 2.33 bits per heavy atom. The average molecular weight is 330 g/mol. The molecule has 0 amide bonds. The largest absolute Gasteiger partial charge is 0.497 e. The van der Waals surface area contributed by atoms with E-state index >= 15 is 0 Å². The third-order valence-electron chi connectivity index (χ3n) is 5.51. The van der Waals surface area contributed by atoms with Crippen molar-refractivity contribution in [2.24, 2.45) is 11.8 Å². The number of carbonyl (C=O) groups is 2. The fourth-order valence-electron chi connectivity index (χ4n) is 4.25. The van der Waals surface area contributed by atoms with Gasteiger partial charge in [0, 0.05) is 25.6 Å². The smallest absolute Gasteiger partial charge is 0.151 e. The van der Waals surface area contributed by atoms with Gasteiger partial charge in [-0.2, -0.15) is 0 Å². The number of carbonyl (C=O) groups excluding carboxylic acids is 2. The van der Waals surface area contributed by atoms with E-state index in [9.17, 15) is 9.59 Å². The number of ketones is 2. The van der Waals surface area contributed by atoms with Crippen molar-refractivity contribution in [3.05, 3.63) is 28.8 Å². The van der Waals surface area contributed by atoms with Crippen LogP contribution in [-0.2, 0) is 14.3 Å². The first-order valence-electron chi connectivity index (χ1n) is 8.80. The first-order chi connectivity index (χ1) is 11.5. The average Bonchev–Trinajstić information content (AvgIpc) is 2.83. The van der Waals surface area contributed by atoms with Gasteiger partial charge in [-0.3, -0.25) is 9.59 Å². The molecule has 1 saturated heterocycles. The van der Waals surface area contributed by atoms with Crippen LogP contribution in [0.15, 0.2) is 12.1 Å². The maximum absolute atomic E-state index is 13.0. The van der Waals surface area contributed by atoms with Crippen LogP contribution in [0.3, 0.4) is 0 Å². The molecular weight excluding hydrogens is 304 g/mol. The van der Waals surface area contributed by atoms with E-state index < -0.39 is 5.92 Å². The molecule has 0 radical (unpaired) electrons. The molecule has 1 aliphatic heterocycles. The molecule has 3 rings (SSSR count). The van der Waals surface area contributed by atoms with Crippen molar-refractivity contribution in [2.75, 3.05) is 20.3 Å². The molecule has 2 aliphatic rings. The molecule has 0 N–H and O–H groups in total. The standard InChI is InChI=1S/C20H26O4/c1-12-8-16(23-3)9-13(2)18(12)19-17(21)11-15(20(19)22)10-14-4-6-24-7-5-14/h8-9,14-15,19H,4-7,10-11H2,1-3H3. The number of hydrogen-bond donors (Lipinski definition) is 0. The summed E-state index contributed by atoms with van der Waals surface area (Å²) in [6, 6.07) is 3.82. The van der Waals surface area contributed by atoms with Gasteiger partial charge in [0.25, 0.3) is 0 Å². The van der Waals surface area contributed by atoms with Crippen LogP contribution >= 0.6 is 0 Å². The Hall–Kier alpha value is -1.68. The van der Waals surface area contributed by atoms with Gasteiger partial charge in [0.2, 0.25) is 0 Å². The van der Waals surface area contributed by atoms with Gasteiger partial charge in [-0.15, -0.1) is 0 Å². The van der Waals surface area contributed by atoms with E-state index in [0.717, 1.165) is 54.9 Å². The second-order valence-electron chi connectivity index (χ2n) is 7.17. The molecule has 1 heterocycles. The first-order valence-corrected chi connectivity index (χ1v) is 8.80. The number of benzene rings is 1. The normalized spacial score (nSPS) is 25.3. The van der Waals surface area contributed by atoms with Gasteiger partial charge in [-0.1, -0.05) is 0 Å². The summed E-state index contributed by atoms with van der Waals surface area (Å²) >= 11 is 0. The quantitative estimate of drug-likeness (QED) is 0.794. The minimum Gasteiger partial charge on any atom is -0.497 e. The monoisotopic (exact) mass is 330 g/mol. The van der Waals surface area contributed by atoms with Crippen LogP contribution in [0.1, 0.15) is 48.3 Å². The summed E-state index contributed by atoms with van der Waals surface area (Å²) in [7, 11) is 1.63. The van der Waals surface area contributed by atoms with E-state index in [1.54, 1.807) is 7.11 Å². The fraction of sp³-hybridized carbons (Fsp3) is 0.600. The zero-order valence-electron chi connectivity index (χ0n) is 14.8. The van der Waals surface area contributed by atoms with Crippen molar-refractivity contribution in [1.82, 2.24) is 0 Å². The van der Waals surface area contributed by atoms with Gasteiger partial charge >= 0.3 is 0 Å². The predicted molar refractivity (Wildman–Crippen MR) is 91.5 cm³/mol. The maximum atomic E-state index is 13.0. The molecule has 1 aromatic carbocycles. The maximum Gasteiger partial charge on any atom is 0.151 e. The van der Waals surface area contributed by atoms with Gasteiger partial charge in [0.05, 0.1) is 7.11 Å². The number of hydrogen-bond acceptors (Lipinski definition) is 4. The summed E-state index contributed by atoms with van der Waals surface area (Å²) in [6.07, 6.45) is 3.23. The summed E-state index contributed by atoms with van der Waals surface area (Å²) in [4.78, 5) is 25.6. The molecule has 24 heavy (non-hydrogen) atoms. The van der Waals surface area contributed by atoms with Crippen molar-refractivity contribution in [2.45, 2.75) is 45.4 Å². The van der Waals surface area contributed by atoms with Crippen LogP contribution < -0.4 is 4.74 Å². The topological polar surface area (TPSA) is 52.6 Å². The van der Waals surface area contributed by atoms with E-state index in [2.05, 4.69) is 0 Å². The third kappa shape index (κ3) is 3.25. The minimum absolute atomic E-state index is 0.0772. The van der Waals surface area contributed by atoms with Crippen molar-refractivity contribution in [1.29, 1.82) is 0 Å². The predicted octanol–water partition coefficient (Wildman–Crippen LogP) is 3.37. The third-order valence-corrected chi connectivity index (χ3v) is 5.51. The van der Waals surface area contributed by atoms with Crippen LogP contribution in [0.2, 0.25) is 0 Å². The molecule has 0 bridgehead atoms. The Morgan fingerprint density at radius 1 is 1.12 bits per heavy atom. The van der Waals surface area contributed by atoms with Crippen LogP contribution in [0.25, 0.3) is 0 Å². The lowest BCUT2D eigenvalue weighted by Gasteiger charge is -2.24. The Labute approximate surface area is 143 Å². The molecule has 1 saturated carbocycles. The molecule has 1 aromatic rings.